The van der Waals surface area contributed by atoms with Crippen LogP contribution in [0.1, 0.15) is 11.3 Å². The highest BCUT2D eigenvalue weighted by Gasteiger charge is 2.06. The summed E-state index contributed by atoms with van der Waals surface area (Å²) in [6.07, 6.45) is 1.87. The Balaban J connectivity index is 2.08. The highest BCUT2D eigenvalue weighted by molar-refractivity contribution is 5.42. The van der Waals surface area contributed by atoms with Crippen molar-refractivity contribution >= 4 is 0 Å². The predicted octanol–water partition coefficient (Wildman–Crippen LogP) is 1.50. The van der Waals surface area contributed by atoms with Crippen molar-refractivity contribution in [3.63, 3.8) is 0 Å². The lowest BCUT2D eigenvalue weighted by atomic mass is 10.2. The van der Waals surface area contributed by atoms with Crippen LogP contribution in [0.25, 0.3) is 0 Å². The number of methoxy groups -OCH3 is 1. The molecular formula is C13H16N2O3. The van der Waals surface area contributed by atoms with Crippen LogP contribution in [0.3, 0.4) is 0 Å². The van der Waals surface area contributed by atoms with E-state index < -0.39 is 0 Å². The van der Waals surface area contributed by atoms with E-state index in [4.69, 9.17) is 14.6 Å². The van der Waals surface area contributed by atoms with Gasteiger partial charge in [-0.25, -0.2) is 0 Å². The monoisotopic (exact) mass is 248 g/mol. The van der Waals surface area contributed by atoms with E-state index in [2.05, 4.69) is 5.10 Å². The zero-order valence-corrected chi connectivity index (χ0v) is 10.5. The smallest absolute Gasteiger partial charge is 0.161 e. The zero-order chi connectivity index (χ0) is 13.0. The standard InChI is InChI=1S/C13H16N2O3/c1-15-6-5-11(14-15)9-18-12-4-3-10(8-16)7-13(12)17-2/h3-7,16H,8-9H2,1-2H3. The van der Waals surface area contributed by atoms with E-state index in [0.29, 0.717) is 18.1 Å². The van der Waals surface area contributed by atoms with Crippen molar-refractivity contribution in [1.82, 2.24) is 9.78 Å². The molecule has 0 fully saturated rings. The number of hydrogen-bond donors (Lipinski definition) is 1. The lowest BCUT2D eigenvalue weighted by molar-refractivity contribution is 0.272. The van der Waals surface area contributed by atoms with Gasteiger partial charge < -0.3 is 14.6 Å². The molecule has 1 aromatic heterocycles. The van der Waals surface area contributed by atoms with Crippen LogP contribution in [-0.2, 0) is 20.3 Å². The van der Waals surface area contributed by atoms with Crippen LogP contribution in [0.15, 0.2) is 30.5 Å². The number of nitrogens with zero attached hydrogens (tertiary/aromatic N) is 2. The molecular weight excluding hydrogens is 232 g/mol. The Morgan fingerprint density at radius 2 is 2.11 bits per heavy atom. The second-order valence-electron chi connectivity index (χ2n) is 3.91. The molecule has 2 aromatic rings. The van der Waals surface area contributed by atoms with Crippen molar-refractivity contribution in [3.05, 3.63) is 41.7 Å². The molecule has 1 aromatic carbocycles. The van der Waals surface area contributed by atoms with E-state index in [1.54, 1.807) is 30.0 Å². The second kappa shape index (κ2) is 5.55. The molecule has 5 nitrogen and oxygen atoms in total. The van der Waals surface area contributed by atoms with E-state index in [0.717, 1.165) is 11.3 Å². The topological polar surface area (TPSA) is 56.5 Å². The fourth-order valence-corrected chi connectivity index (χ4v) is 1.62. The van der Waals surface area contributed by atoms with Crippen LogP contribution in [-0.4, -0.2) is 22.0 Å². The van der Waals surface area contributed by atoms with Crippen LogP contribution in [0.4, 0.5) is 0 Å². The van der Waals surface area contributed by atoms with Crippen molar-refractivity contribution in [3.8, 4) is 11.5 Å². The summed E-state index contributed by atoms with van der Waals surface area (Å²) in [4.78, 5) is 0. The Labute approximate surface area is 106 Å². The quantitative estimate of drug-likeness (QED) is 0.871. The van der Waals surface area contributed by atoms with E-state index in [1.807, 2.05) is 19.3 Å². The van der Waals surface area contributed by atoms with E-state index in [-0.39, 0.29) is 6.61 Å². The van der Waals surface area contributed by atoms with Gasteiger partial charge in [0.05, 0.1) is 19.4 Å². The molecule has 0 aliphatic carbocycles. The SMILES string of the molecule is COc1cc(CO)ccc1OCc1ccn(C)n1. The van der Waals surface area contributed by atoms with Crippen LogP contribution >= 0.6 is 0 Å². The van der Waals surface area contributed by atoms with Gasteiger partial charge in [-0.15, -0.1) is 0 Å². The third-order valence-corrected chi connectivity index (χ3v) is 2.56. The van der Waals surface area contributed by atoms with Gasteiger partial charge in [0, 0.05) is 13.2 Å². The molecule has 0 saturated heterocycles. The lowest BCUT2D eigenvalue weighted by Gasteiger charge is -2.10. The summed E-state index contributed by atoms with van der Waals surface area (Å²) in [7, 11) is 3.43. The molecule has 0 amide bonds. The summed E-state index contributed by atoms with van der Waals surface area (Å²) < 4.78 is 12.6. The average Bonchev–Trinajstić information content (AvgIpc) is 2.82. The van der Waals surface area contributed by atoms with Gasteiger partial charge in [0.25, 0.3) is 0 Å². The van der Waals surface area contributed by atoms with Gasteiger partial charge in [-0.05, 0) is 23.8 Å². The first-order valence-electron chi connectivity index (χ1n) is 5.62. The number of rotatable bonds is 5. The number of aliphatic hydroxyl groups is 1. The Morgan fingerprint density at radius 3 is 2.72 bits per heavy atom. The van der Waals surface area contributed by atoms with E-state index in [1.165, 1.54) is 0 Å². The van der Waals surface area contributed by atoms with Crippen LogP contribution in [0.2, 0.25) is 0 Å². The number of hydrogen-bond acceptors (Lipinski definition) is 4. The van der Waals surface area contributed by atoms with Gasteiger partial charge in [-0.3, -0.25) is 4.68 Å². The Hall–Kier alpha value is -2.01. The van der Waals surface area contributed by atoms with Crippen molar-refractivity contribution in [2.45, 2.75) is 13.2 Å². The number of ether oxygens (including phenoxy) is 2. The average molecular weight is 248 g/mol. The molecule has 96 valence electrons. The highest BCUT2D eigenvalue weighted by atomic mass is 16.5. The Bertz CT molecular complexity index is 523. The summed E-state index contributed by atoms with van der Waals surface area (Å²) in [5.41, 5.74) is 1.64. The summed E-state index contributed by atoms with van der Waals surface area (Å²) in [6.45, 7) is 0.368. The summed E-state index contributed by atoms with van der Waals surface area (Å²) in [5, 5.41) is 13.3. The van der Waals surface area contributed by atoms with Gasteiger partial charge in [0.2, 0.25) is 0 Å². The molecule has 5 heteroatoms. The molecule has 0 radical (unpaired) electrons. The molecule has 18 heavy (non-hydrogen) atoms. The Kier molecular flexibility index (Phi) is 3.84. The van der Waals surface area contributed by atoms with Crippen molar-refractivity contribution in [1.29, 1.82) is 0 Å². The molecule has 0 spiro atoms. The second-order valence-corrected chi connectivity index (χ2v) is 3.91. The van der Waals surface area contributed by atoms with Gasteiger partial charge in [-0.1, -0.05) is 6.07 Å². The first kappa shape index (κ1) is 12.4. The van der Waals surface area contributed by atoms with Gasteiger partial charge in [0.1, 0.15) is 6.61 Å². The number of aromatic nitrogens is 2. The minimum atomic E-state index is -0.0170. The van der Waals surface area contributed by atoms with Gasteiger partial charge >= 0.3 is 0 Å². The minimum absolute atomic E-state index is 0.0170. The molecule has 0 aliphatic rings. The first-order valence-corrected chi connectivity index (χ1v) is 5.62. The summed E-state index contributed by atoms with van der Waals surface area (Å²) in [5.74, 6) is 1.25. The molecule has 0 saturated carbocycles. The maximum atomic E-state index is 9.05. The summed E-state index contributed by atoms with van der Waals surface area (Å²) in [6, 6.07) is 7.24. The molecule has 0 atom stereocenters. The highest BCUT2D eigenvalue weighted by Crippen LogP contribution is 2.28. The van der Waals surface area contributed by atoms with E-state index >= 15 is 0 Å². The molecule has 0 aliphatic heterocycles. The molecule has 0 unspecified atom stereocenters. The maximum absolute atomic E-state index is 9.05. The minimum Gasteiger partial charge on any atom is -0.493 e. The number of aliphatic hydroxyl groups excluding tert-OH is 1. The van der Waals surface area contributed by atoms with Crippen molar-refractivity contribution < 1.29 is 14.6 Å². The fraction of sp³-hybridized carbons (Fsp3) is 0.308. The fourth-order valence-electron chi connectivity index (χ4n) is 1.62. The maximum Gasteiger partial charge on any atom is 0.161 e. The third-order valence-electron chi connectivity index (χ3n) is 2.56. The molecule has 2 rings (SSSR count). The number of aryl methyl sites for hydroxylation is 1. The predicted molar refractivity (Wildman–Crippen MR) is 66.5 cm³/mol. The largest absolute Gasteiger partial charge is 0.493 e. The van der Waals surface area contributed by atoms with Gasteiger partial charge in [-0.2, -0.15) is 5.10 Å². The lowest BCUT2D eigenvalue weighted by Crippen LogP contribution is -2.00. The van der Waals surface area contributed by atoms with Crippen LogP contribution < -0.4 is 9.47 Å². The normalized spacial score (nSPS) is 10.4. The zero-order valence-electron chi connectivity index (χ0n) is 10.5. The first-order chi connectivity index (χ1) is 8.72. The van der Waals surface area contributed by atoms with Gasteiger partial charge in [0.15, 0.2) is 11.5 Å². The number of benzene rings is 1. The van der Waals surface area contributed by atoms with E-state index in [9.17, 15) is 0 Å². The summed E-state index contributed by atoms with van der Waals surface area (Å²) >= 11 is 0. The van der Waals surface area contributed by atoms with Crippen molar-refractivity contribution in [2.75, 3.05) is 7.11 Å². The Morgan fingerprint density at radius 1 is 1.28 bits per heavy atom. The third kappa shape index (κ3) is 2.81. The molecule has 1 N–H and O–H groups in total. The van der Waals surface area contributed by atoms with Crippen LogP contribution in [0.5, 0.6) is 11.5 Å². The molecule has 1 heterocycles. The van der Waals surface area contributed by atoms with Crippen LogP contribution in [0, 0.1) is 0 Å². The molecule has 0 bridgehead atoms. The van der Waals surface area contributed by atoms with Crippen molar-refractivity contribution in [2.24, 2.45) is 7.05 Å².